The van der Waals surface area contributed by atoms with Crippen molar-refractivity contribution in [3.05, 3.63) is 117 Å². The summed E-state index contributed by atoms with van der Waals surface area (Å²) < 4.78 is 6.94. The Morgan fingerprint density at radius 2 is 1.61 bits per heavy atom. The van der Waals surface area contributed by atoms with Crippen LogP contribution in [-0.2, 0) is 36.8 Å². The van der Waals surface area contributed by atoms with Crippen LogP contribution in [0.25, 0.3) is 21.7 Å². The van der Waals surface area contributed by atoms with Gasteiger partial charge in [-0.1, -0.05) is 86.8 Å². The van der Waals surface area contributed by atoms with Gasteiger partial charge in [-0.05, 0) is 41.3 Å². The maximum atomic E-state index is 14.6. The number of nitrogens with zero attached hydrogens (tertiary/aromatic N) is 2. The van der Waals surface area contributed by atoms with E-state index in [2.05, 4.69) is 43.5 Å². The highest BCUT2D eigenvalue weighted by molar-refractivity contribution is 5.94. The topological polar surface area (TPSA) is 275 Å². The summed E-state index contributed by atoms with van der Waals surface area (Å²) in [6, 6.07) is 16.5. The van der Waals surface area contributed by atoms with Crippen molar-refractivity contribution in [3.8, 4) is 0 Å². The number of nitrogens with two attached hydrogens (primary N) is 1. The number of fused-ring (bicyclic) bond motifs is 2. The molecule has 5 aromatic rings. The number of rotatable bonds is 21. The Labute approximate surface area is 381 Å². The zero-order valence-corrected chi connectivity index (χ0v) is 37.4. The van der Waals surface area contributed by atoms with Gasteiger partial charge in [0, 0.05) is 68.8 Å². The molecule has 0 radical (unpaired) electrons. The van der Waals surface area contributed by atoms with Crippen molar-refractivity contribution in [2.75, 3.05) is 26.7 Å². The average molecular weight is 909 g/mol. The number of likely N-dealkylation sites (N-methyl/N-ethyl adjacent to an activating group) is 1. The third-order valence-corrected chi connectivity index (χ3v) is 12.0. The minimum absolute atomic E-state index is 0.0136. The first-order valence-electron chi connectivity index (χ1n) is 22.3. The summed E-state index contributed by atoms with van der Waals surface area (Å²) in [7, 11) is 1.44. The van der Waals surface area contributed by atoms with Crippen molar-refractivity contribution < 1.29 is 33.8 Å². The number of hydrogen-bond donors (Lipinski definition) is 9. The fourth-order valence-corrected chi connectivity index (χ4v) is 8.10. The van der Waals surface area contributed by atoms with E-state index in [0.717, 1.165) is 63.6 Å². The first-order valence-corrected chi connectivity index (χ1v) is 22.3. The Morgan fingerprint density at radius 3 is 2.35 bits per heavy atom. The molecule has 6 rings (SSSR count). The molecule has 1 saturated heterocycles. The number of carbonyl (C=O) groups is 5. The van der Waals surface area contributed by atoms with Crippen molar-refractivity contribution in [3.63, 3.8) is 0 Å². The summed E-state index contributed by atoms with van der Waals surface area (Å²) >= 11 is 0. The van der Waals surface area contributed by atoms with Gasteiger partial charge in [0.1, 0.15) is 24.2 Å². The summed E-state index contributed by atoms with van der Waals surface area (Å²) in [4.78, 5) is 100.0. The van der Waals surface area contributed by atoms with Crippen LogP contribution in [0.3, 0.4) is 0 Å². The highest BCUT2D eigenvalue weighted by atomic mass is 16.5. The lowest BCUT2D eigenvalue weighted by atomic mass is 10.00. The zero-order valence-electron chi connectivity index (χ0n) is 37.4. The third kappa shape index (κ3) is 12.5. The van der Waals surface area contributed by atoms with E-state index in [9.17, 15) is 38.7 Å². The number of nitrogens with one attached hydrogen (secondary N) is 7. The molecular weight excluding hydrogens is 849 g/mol. The number of aromatic nitrogens is 3. The monoisotopic (exact) mass is 908 g/mol. The molecule has 1 fully saturated rings. The van der Waals surface area contributed by atoms with Crippen molar-refractivity contribution in [1.82, 2.24) is 46.0 Å². The second kappa shape index (κ2) is 22.9. The van der Waals surface area contributed by atoms with Crippen molar-refractivity contribution >= 4 is 51.3 Å². The van der Waals surface area contributed by atoms with Crippen molar-refractivity contribution in [2.24, 2.45) is 5.73 Å². The molecule has 2 aromatic heterocycles. The molecule has 3 aromatic carbocycles. The quantitative estimate of drug-likeness (QED) is 0.0478. The van der Waals surface area contributed by atoms with Crippen LogP contribution in [0, 0.1) is 0 Å². The molecule has 0 saturated carbocycles. The molecule has 19 heteroatoms. The fourth-order valence-electron chi connectivity index (χ4n) is 8.10. The van der Waals surface area contributed by atoms with E-state index >= 15 is 0 Å². The molecule has 352 valence electrons. The Balaban J connectivity index is 1.23. The van der Waals surface area contributed by atoms with E-state index in [1.54, 1.807) is 13.1 Å². The SMILES string of the molecule is CCCCCCNC(=O)[C@H](Cc1c[nH]c2ccccc12)NC(=O)N[C@@H](Cc1ccc2ccccc2c1)C(=O)N[C@H](C(=O)NC[C@H]1C[C@@H](O)[C@H](n2ccc(=O)[nH]c2=O)O1)[C@H](C)N(C)C(=O)CN. The lowest BCUT2D eigenvalue weighted by molar-refractivity contribution is -0.136. The highest BCUT2D eigenvalue weighted by Gasteiger charge is 2.38. The molecule has 7 atom stereocenters. The van der Waals surface area contributed by atoms with Gasteiger partial charge in [0.25, 0.3) is 5.56 Å². The fraction of sp³-hybridized carbons (Fsp3) is 0.426. The van der Waals surface area contributed by atoms with Gasteiger partial charge in [0.05, 0.1) is 18.7 Å². The van der Waals surface area contributed by atoms with Gasteiger partial charge in [-0.2, -0.15) is 0 Å². The van der Waals surface area contributed by atoms with E-state index in [1.807, 2.05) is 66.7 Å². The highest BCUT2D eigenvalue weighted by Crippen LogP contribution is 2.27. The number of benzene rings is 3. The molecule has 1 aliphatic heterocycles. The summed E-state index contributed by atoms with van der Waals surface area (Å²) in [6.45, 7) is 3.53. The second-order valence-electron chi connectivity index (χ2n) is 16.7. The molecule has 10 N–H and O–H groups in total. The van der Waals surface area contributed by atoms with E-state index in [4.69, 9.17) is 10.5 Å². The smallest absolute Gasteiger partial charge is 0.330 e. The molecule has 0 spiro atoms. The lowest BCUT2D eigenvalue weighted by Crippen LogP contribution is -2.62. The lowest BCUT2D eigenvalue weighted by Gasteiger charge is -2.33. The second-order valence-corrected chi connectivity index (χ2v) is 16.7. The first-order chi connectivity index (χ1) is 31.8. The van der Waals surface area contributed by atoms with Crippen LogP contribution in [-0.4, -0.2) is 117 Å². The third-order valence-electron chi connectivity index (χ3n) is 12.0. The Bertz CT molecular complexity index is 2610. The number of H-pyrrole nitrogens is 2. The minimum atomic E-state index is -1.40. The van der Waals surface area contributed by atoms with Gasteiger partial charge in [0.2, 0.25) is 23.6 Å². The van der Waals surface area contributed by atoms with Gasteiger partial charge in [-0.3, -0.25) is 33.5 Å². The zero-order chi connectivity index (χ0) is 47.3. The molecule has 6 amide bonds. The van der Waals surface area contributed by atoms with Gasteiger partial charge in [0.15, 0.2) is 6.23 Å². The van der Waals surface area contributed by atoms with Gasteiger partial charge in [-0.25, -0.2) is 9.59 Å². The first kappa shape index (κ1) is 48.6. The molecule has 66 heavy (non-hydrogen) atoms. The van der Waals surface area contributed by atoms with Gasteiger partial charge >= 0.3 is 11.7 Å². The van der Waals surface area contributed by atoms with Gasteiger partial charge < -0.3 is 52.0 Å². The average Bonchev–Trinajstić information content (AvgIpc) is 3.90. The van der Waals surface area contributed by atoms with Crippen LogP contribution in [0.1, 0.15) is 63.3 Å². The summed E-state index contributed by atoms with van der Waals surface area (Å²) in [6.07, 6.45) is 3.80. The summed E-state index contributed by atoms with van der Waals surface area (Å²) in [5, 5.41) is 27.6. The van der Waals surface area contributed by atoms with Crippen molar-refractivity contribution in [2.45, 2.75) is 101 Å². The Morgan fingerprint density at radius 1 is 0.879 bits per heavy atom. The molecule has 0 bridgehead atoms. The predicted octanol–water partition coefficient (Wildman–Crippen LogP) is 1.44. The number of amides is 6. The number of carbonyl (C=O) groups excluding carboxylic acids is 5. The van der Waals surface area contributed by atoms with E-state index < -0.39 is 83.5 Å². The molecule has 0 aliphatic carbocycles. The molecular formula is C47H60N10O9. The normalized spacial score (nSPS) is 17.6. The number of hydrogen-bond acceptors (Lipinski definition) is 10. The number of aliphatic hydroxyl groups is 1. The minimum Gasteiger partial charge on any atom is -0.388 e. The Kier molecular flexibility index (Phi) is 16.9. The maximum Gasteiger partial charge on any atom is 0.330 e. The van der Waals surface area contributed by atoms with Crippen LogP contribution < -0.4 is 43.6 Å². The number of urea groups is 1. The van der Waals surface area contributed by atoms with E-state index in [0.29, 0.717) is 12.1 Å². The van der Waals surface area contributed by atoms with E-state index in [1.165, 1.54) is 18.1 Å². The number of ether oxygens (including phenoxy) is 1. The van der Waals surface area contributed by atoms with Crippen LogP contribution in [0.2, 0.25) is 0 Å². The van der Waals surface area contributed by atoms with Crippen molar-refractivity contribution in [1.29, 1.82) is 0 Å². The molecule has 0 unspecified atom stereocenters. The van der Waals surface area contributed by atoms with Crippen LogP contribution in [0.5, 0.6) is 0 Å². The standard InChI is InChI=1S/C47H60N10O9/c1-4-5-6-11-19-49-42(61)37(23-32-26-50-35-15-10-9-14-34(32)35)53-46(64)52-36(22-29-16-17-30-12-7-8-13-31(30)21-29)43(62)55-41(28(2)56(3)40(60)25-48)44(63)51-27-33-24-38(58)45(66-33)57-20-18-39(59)54-47(57)65/h7-10,12-18,20-21,26,28,33,36-38,41,45,50,58H,4-6,11,19,22-25,27,48H2,1-3H3,(H,49,61)(H,51,63)(H,55,62)(H2,52,53,64)(H,54,59,65)/t28-,33+,36-,37-,38+,41-,45+/m0/s1. The summed E-state index contributed by atoms with van der Waals surface area (Å²) in [5.74, 6) is -2.39. The molecule has 1 aliphatic rings. The number of aromatic amines is 2. The van der Waals surface area contributed by atoms with Crippen LogP contribution >= 0.6 is 0 Å². The largest absolute Gasteiger partial charge is 0.388 e. The van der Waals surface area contributed by atoms with Gasteiger partial charge in [-0.15, -0.1) is 0 Å². The summed E-state index contributed by atoms with van der Waals surface area (Å²) in [5.41, 5.74) is 6.64. The molecule has 3 heterocycles. The number of para-hydroxylation sites is 1. The number of aliphatic hydroxyl groups excluding tert-OH is 1. The van der Waals surface area contributed by atoms with E-state index in [-0.39, 0.29) is 32.4 Å². The number of unbranched alkanes of at least 4 members (excludes halogenated alkanes) is 3. The predicted molar refractivity (Wildman–Crippen MR) is 248 cm³/mol. The maximum absolute atomic E-state index is 14.6. The van der Waals surface area contributed by atoms with Crippen LogP contribution in [0.15, 0.2) is 94.8 Å². The van der Waals surface area contributed by atoms with Crippen LogP contribution in [0.4, 0.5) is 4.79 Å². The Hall–Kier alpha value is -6.83. The molecule has 19 nitrogen and oxygen atoms in total.